The van der Waals surface area contributed by atoms with Crippen molar-refractivity contribution in [3.63, 3.8) is 0 Å². The first-order chi connectivity index (χ1) is 19.1. The van der Waals surface area contributed by atoms with Crippen LogP contribution in [-0.4, -0.2) is 59.7 Å². The van der Waals surface area contributed by atoms with E-state index in [1.165, 1.54) is 6.07 Å². The van der Waals surface area contributed by atoms with E-state index in [9.17, 15) is 18.4 Å². The van der Waals surface area contributed by atoms with Crippen molar-refractivity contribution in [1.29, 1.82) is 0 Å². The second-order valence-electron chi connectivity index (χ2n) is 11.2. The molecule has 0 saturated carbocycles. The molecule has 1 aliphatic carbocycles. The van der Waals surface area contributed by atoms with Gasteiger partial charge in [-0.05, 0) is 63.6 Å². The van der Waals surface area contributed by atoms with Crippen molar-refractivity contribution >= 4 is 17.6 Å². The third-order valence-electron chi connectivity index (χ3n) is 8.02. The molecule has 3 aromatic rings. The molecule has 0 fully saturated rings. The van der Waals surface area contributed by atoms with Crippen molar-refractivity contribution in [3.8, 4) is 0 Å². The second kappa shape index (κ2) is 11.1. The lowest BCUT2D eigenvalue weighted by atomic mass is 9.87. The minimum absolute atomic E-state index is 0.0788. The van der Waals surface area contributed by atoms with Crippen LogP contribution in [0.15, 0.2) is 24.7 Å². The smallest absolute Gasteiger partial charge is 0.248 e. The molecule has 2 atom stereocenters. The summed E-state index contributed by atoms with van der Waals surface area (Å²) >= 11 is 0. The van der Waals surface area contributed by atoms with Crippen LogP contribution in [0.1, 0.15) is 62.8 Å². The van der Waals surface area contributed by atoms with Crippen LogP contribution in [0.2, 0.25) is 0 Å². The number of imidazole rings is 1. The Bertz CT molecular complexity index is 1420. The number of amides is 2. The molecule has 0 bridgehead atoms. The van der Waals surface area contributed by atoms with E-state index in [0.717, 1.165) is 24.1 Å². The fraction of sp³-hybridized carbons (Fsp3) is 0.536. The normalized spacial score (nSPS) is 17.8. The Balaban J connectivity index is 1.23. The van der Waals surface area contributed by atoms with E-state index < -0.39 is 23.2 Å². The summed E-state index contributed by atoms with van der Waals surface area (Å²) in [7, 11) is 0. The van der Waals surface area contributed by atoms with E-state index in [4.69, 9.17) is 0 Å². The average molecular weight is 555 g/mol. The van der Waals surface area contributed by atoms with Gasteiger partial charge in [0.1, 0.15) is 23.0 Å². The SMILES string of the molecule is CCC[C@H](NC1CCc2cc(F)cc(F)c2C1)C(=O)Nc1cn(C(C)(C)C(=O)N2CCn3c(C)nnc3C2)cn1. The molecule has 0 spiro atoms. The molecule has 1 unspecified atom stereocenters. The highest BCUT2D eigenvalue weighted by atomic mass is 19.1. The molecule has 5 rings (SSSR count). The van der Waals surface area contributed by atoms with Crippen LogP contribution in [0.3, 0.4) is 0 Å². The number of nitrogens with one attached hydrogen (secondary N) is 2. The van der Waals surface area contributed by atoms with Crippen molar-refractivity contribution < 1.29 is 18.4 Å². The van der Waals surface area contributed by atoms with E-state index in [1.807, 2.05) is 32.3 Å². The molecule has 0 radical (unpaired) electrons. The van der Waals surface area contributed by atoms with E-state index in [2.05, 4.69) is 25.8 Å². The molecule has 0 saturated heterocycles. The molecule has 2 amide bonds. The first-order valence-corrected chi connectivity index (χ1v) is 13.8. The largest absolute Gasteiger partial charge is 0.331 e. The van der Waals surface area contributed by atoms with Gasteiger partial charge in [0.15, 0.2) is 11.6 Å². The predicted molar refractivity (Wildman–Crippen MR) is 144 cm³/mol. The van der Waals surface area contributed by atoms with Crippen LogP contribution in [0.4, 0.5) is 14.6 Å². The standard InChI is InChI=1S/C28H36F2N8O2/c1-5-6-23(32-20-8-7-18-11-19(29)12-22(30)21(18)13-20)26(39)33-24-14-37(16-31-24)28(3,4)27(40)36-9-10-38-17(2)34-35-25(38)15-36/h11-12,14,16,20,23,32H,5-10,13,15H2,1-4H3,(H,33,39)/t20?,23-/m0/s1. The maximum atomic E-state index is 14.4. The number of carbonyl (C=O) groups is 2. The highest BCUT2D eigenvalue weighted by Gasteiger charge is 2.36. The topological polar surface area (TPSA) is 110 Å². The summed E-state index contributed by atoms with van der Waals surface area (Å²) in [5, 5.41) is 14.6. The number of hydrogen-bond donors (Lipinski definition) is 2. The van der Waals surface area contributed by atoms with E-state index in [-0.39, 0.29) is 17.9 Å². The van der Waals surface area contributed by atoms with Crippen LogP contribution in [0.5, 0.6) is 0 Å². The van der Waals surface area contributed by atoms with Gasteiger partial charge >= 0.3 is 0 Å². The Morgan fingerprint density at radius 3 is 2.77 bits per heavy atom. The van der Waals surface area contributed by atoms with Gasteiger partial charge in [0.05, 0.1) is 18.9 Å². The number of halogens is 2. The lowest BCUT2D eigenvalue weighted by Gasteiger charge is -2.35. The van der Waals surface area contributed by atoms with Crippen LogP contribution < -0.4 is 10.6 Å². The fourth-order valence-electron chi connectivity index (χ4n) is 5.67. The highest BCUT2D eigenvalue weighted by molar-refractivity contribution is 5.94. The molecule has 3 heterocycles. The summed E-state index contributed by atoms with van der Waals surface area (Å²) < 4.78 is 31.7. The van der Waals surface area contributed by atoms with Gasteiger partial charge in [-0.1, -0.05) is 13.3 Å². The van der Waals surface area contributed by atoms with Crippen molar-refractivity contribution in [2.45, 2.75) is 90.5 Å². The number of hydrogen-bond acceptors (Lipinski definition) is 6. The van der Waals surface area contributed by atoms with Gasteiger partial charge in [-0.25, -0.2) is 13.8 Å². The summed E-state index contributed by atoms with van der Waals surface area (Å²) in [4.78, 5) is 32.9. The van der Waals surface area contributed by atoms with Crippen LogP contribution in [0.25, 0.3) is 0 Å². The monoisotopic (exact) mass is 554 g/mol. The predicted octanol–water partition coefficient (Wildman–Crippen LogP) is 3.09. The van der Waals surface area contributed by atoms with Crippen molar-refractivity contribution in [3.05, 3.63) is 59.1 Å². The van der Waals surface area contributed by atoms with Crippen LogP contribution >= 0.6 is 0 Å². The molecule has 40 heavy (non-hydrogen) atoms. The Kier molecular flexibility index (Phi) is 7.72. The van der Waals surface area contributed by atoms with Crippen LogP contribution in [0, 0.1) is 18.6 Å². The highest BCUT2D eigenvalue weighted by Crippen LogP contribution is 2.27. The minimum Gasteiger partial charge on any atom is -0.331 e. The van der Waals surface area contributed by atoms with E-state index >= 15 is 0 Å². The van der Waals surface area contributed by atoms with E-state index in [0.29, 0.717) is 62.3 Å². The van der Waals surface area contributed by atoms with Gasteiger partial charge in [-0.3, -0.25) is 9.59 Å². The molecule has 1 aromatic carbocycles. The summed E-state index contributed by atoms with van der Waals surface area (Å²) in [6, 6.07) is 1.70. The molecule has 214 valence electrons. The first kappa shape index (κ1) is 27.9. The second-order valence-corrected chi connectivity index (χ2v) is 11.2. The maximum Gasteiger partial charge on any atom is 0.248 e. The summed E-state index contributed by atoms with van der Waals surface area (Å²) in [6.45, 7) is 9.12. The van der Waals surface area contributed by atoms with Crippen molar-refractivity contribution in [2.75, 3.05) is 11.9 Å². The Labute approximate surface area is 232 Å². The first-order valence-electron chi connectivity index (χ1n) is 13.8. The molecule has 12 heteroatoms. The number of aryl methyl sites for hydroxylation is 2. The lowest BCUT2D eigenvalue weighted by Crippen LogP contribution is -2.49. The number of benzene rings is 1. The summed E-state index contributed by atoms with van der Waals surface area (Å²) in [5.74, 6) is 0.517. The zero-order valence-electron chi connectivity index (χ0n) is 23.4. The number of anilines is 1. The molecule has 2 aromatic heterocycles. The molecule has 1 aliphatic heterocycles. The maximum absolute atomic E-state index is 14.4. The Hall–Kier alpha value is -3.67. The zero-order chi connectivity index (χ0) is 28.6. The minimum atomic E-state index is -0.937. The fourth-order valence-corrected chi connectivity index (χ4v) is 5.67. The number of rotatable bonds is 8. The van der Waals surface area contributed by atoms with Gasteiger partial charge < -0.3 is 24.7 Å². The quantitative estimate of drug-likeness (QED) is 0.443. The molecule has 2 N–H and O–H groups in total. The average Bonchev–Trinajstić information content (AvgIpc) is 3.55. The molecule has 10 nitrogen and oxygen atoms in total. The zero-order valence-corrected chi connectivity index (χ0v) is 23.4. The number of fused-ring (bicyclic) bond motifs is 2. The lowest BCUT2D eigenvalue weighted by molar-refractivity contribution is -0.140. The molecular formula is C28H36F2N8O2. The molecular weight excluding hydrogens is 518 g/mol. The van der Waals surface area contributed by atoms with Gasteiger partial charge in [0.2, 0.25) is 11.8 Å². The summed E-state index contributed by atoms with van der Waals surface area (Å²) in [5.41, 5.74) is 0.264. The number of carbonyl (C=O) groups excluding carboxylic acids is 2. The third-order valence-corrected chi connectivity index (χ3v) is 8.02. The number of nitrogens with zero attached hydrogens (tertiary/aromatic N) is 6. The van der Waals surface area contributed by atoms with Gasteiger partial charge in [0.25, 0.3) is 0 Å². The van der Waals surface area contributed by atoms with Gasteiger partial charge in [-0.15, -0.1) is 10.2 Å². The number of aromatic nitrogens is 5. The van der Waals surface area contributed by atoms with E-state index in [1.54, 1.807) is 22.0 Å². The van der Waals surface area contributed by atoms with Crippen molar-refractivity contribution in [2.24, 2.45) is 0 Å². The molecule has 2 aliphatic rings. The van der Waals surface area contributed by atoms with Crippen molar-refractivity contribution in [1.82, 2.24) is 34.5 Å². The van der Waals surface area contributed by atoms with Crippen LogP contribution in [-0.2, 0) is 41.1 Å². The Morgan fingerprint density at radius 1 is 1.20 bits per heavy atom. The summed E-state index contributed by atoms with van der Waals surface area (Å²) in [6.07, 6.45) is 6.19. The van der Waals surface area contributed by atoms with Gasteiger partial charge in [-0.2, -0.15) is 0 Å². The Morgan fingerprint density at radius 2 is 2.00 bits per heavy atom. The van der Waals surface area contributed by atoms with Gasteiger partial charge in [0, 0.05) is 31.4 Å². The third kappa shape index (κ3) is 5.49.